The van der Waals surface area contributed by atoms with E-state index in [4.69, 9.17) is 23.2 Å². The number of unbranched alkanes of at least 4 members (excludes halogenated alkanes) is 1. The number of anilines is 1. The minimum Gasteiger partial charge on any atom is -0.354 e. The summed E-state index contributed by atoms with van der Waals surface area (Å²) in [6, 6.07) is 8.75. The van der Waals surface area contributed by atoms with E-state index in [0.717, 1.165) is 33.6 Å². The molecule has 8 nitrogen and oxygen atoms in total. The molecule has 2 rings (SSSR count). The first kappa shape index (κ1) is 30.8. The largest absolute Gasteiger partial charge is 0.354 e. The highest BCUT2D eigenvalue weighted by Gasteiger charge is 2.34. The average Bonchev–Trinajstić information content (AvgIpc) is 2.84. The van der Waals surface area contributed by atoms with Gasteiger partial charge in [0.15, 0.2) is 0 Å². The summed E-state index contributed by atoms with van der Waals surface area (Å²) in [6.07, 6.45) is 1.92. The maximum atomic E-state index is 13.8. The number of rotatable bonds is 13. The van der Waals surface area contributed by atoms with Gasteiger partial charge in [-0.25, -0.2) is 8.70 Å². The highest BCUT2D eigenvalue weighted by Crippen LogP contribution is 2.28. The van der Waals surface area contributed by atoms with Gasteiger partial charge in [-0.3, -0.25) is 9.59 Å². The fourth-order valence-corrected chi connectivity index (χ4v) is 5.18. The highest BCUT2D eigenvalue weighted by molar-refractivity contribution is 7.90. The van der Waals surface area contributed by atoms with Crippen molar-refractivity contribution in [2.75, 3.05) is 31.5 Å². The molecule has 2 aromatic rings. The van der Waals surface area contributed by atoms with Crippen LogP contribution in [0.5, 0.6) is 0 Å². The van der Waals surface area contributed by atoms with Crippen molar-refractivity contribution in [3.63, 3.8) is 0 Å². The summed E-state index contributed by atoms with van der Waals surface area (Å²) >= 11 is 12.7. The summed E-state index contributed by atoms with van der Waals surface area (Å²) in [5.41, 5.74) is 0.530. The zero-order valence-corrected chi connectivity index (χ0v) is 23.7. The van der Waals surface area contributed by atoms with Crippen LogP contribution in [0.15, 0.2) is 42.5 Å². The fourth-order valence-electron chi connectivity index (χ4n) is 3.60. The van der Waals surface area contributed by atoms with Crippen LogP contribution in [0.3, 0.4) is 0 Å². The molecule has 0 heterocycles. The lowest BCUT2D eigenvalue weighted by molar-refractivity contribution is -0.140. The Kier molecular flexibility index (Phi) is 11.6. The molecule has 1 unspecified atom stereocenters. The van der Waals surface area contributed by atoms with Crippen LogP contribution in [0.4, 0.5) is 10.1 Å². The lowest BCUT2D eigenvalue weighted by Crippen LogP contribution is -2.53. The molecule has 0 saturated carbocycles. The summed E-state index contributed by atoms with van der Waals surface area (Å²) in [5, 5.41) is 3.46. The van der Waals surface area contributed by atoms with Gasteiger partial charge in [-0.1, -0.05) is 49.5 Å². The number of halogens is 3. The van der Waals surface area contributed by atoms with Crippen molar-refractivity contribution in [3.05, 3.63) is 63.9 Å². The Morgan fingerprint density at radius 2 is 1.62 bits per heavy atom. The Morgan fingerprint density at radius 3 is 2.14 bits per heavy atom. The summed E-state index contributed by atoms with van der Waals surface area (Å²) in [6.45, 7) is 3.45. The van der Waals surface area contributed by atoms with Crippen LogP contribution in [0.2, 0.25) is 10.0 Å². The number of amides is 2. The summed E-state index contributed by atoms with van der Waals surface area (Å²) in [4.78, 5) is 28.2. The Hall–Kier alpha value is -2.40. The molecule has 0 fully saturated rings. The molecule has 0 aliphatic carbocycles. The number of nitrogens with zero attached hydrogens (tertiary/aromatic N) is 3. The quantitative estimate of drug-likeness (QED) is 0.357. The maximum Gasteiger partial charge on any atom is 0.304 e. The van der Waals surface area contributed by atoms with Crippen molar-refractivity contribution in [1.82, 2.24) is 14.5 Å². The first-order valence-corrected chi connectivity index (χ1v) is 14.0. The predicted molar refractivity (Wildman–Crippen MR) is 145 cm³/mol. The third-order valence-corrected chi connectivity index (χ3v) is 8.27. The van der Waals surface area contributed by atoms with Gasteiger partial charge in [-0.2, -0.15) is 12.7 Å². The van der Waals surface area contributed by atoms with Crippen molar-refractivity contribution >= 4 is 50.9 Å². The molecule has 0 bridgehead atoms. The third kappa shape index (κ3) is 8.04. The normalized spacial score (nSPS) is 12.3. The van der Waals surface area contributed by atoms with Gasteiger partial charge in [-0.15, -0.1) is 0 Å². The van der Waals surface area contributed by atoms with Gasteiger partial charge in [0.05, 0.1) is 5.69 Å². The minimum atomic E-state index is -4.15. The first-order chi connectivity index (χ1) is 17.4. The van der Waals surface area contributed by atoms with E-state index < -0.39 is 34.5 Å². The van der Waals surface area contributed by atoms with Crippen LogP contribution in [-0.4, -0.2) is 62.7 Å². The molecular formula is C25H33Cl2FN4O4S. The summed E-state index contributed by atoms with van der Waals surface area (Å²) < 4.78 is 41.7. The van der Waals surface area contributed by atoms with E-state index in [1.807, 2.05) is 6.92 Å². The number of carbonyl (C=O) groups is 2. The minimum absolute atomic E-state index is 0.0969. The predicted octanol–water partition coefficient (Wildman–Crippen LogP) is 4.47. The Bertz CT molecular complexity index is 1160. The molecule has 12 heteroatoms. The molecule has 0 aliphatic rings. The van der Waals surface area contributed by atoms with Gasteiger partial charge in [-0.05, 0) is 49.2 Å². The van der Waals surface area contributed by atoms with Gasteiger partial charge in [0.25, 0.3) is 0 Å². The molecule has 0 radical (unpaired) electrons. The van der Waals surface area contributed by atoms with Gasteiger partial charge in [0.1, 0.15) is 18.4 Å². The van der Waals surface area contributed by atoms with E-state index in [2.05, 4.69) is 5.32 Å². The van der Waals surface area contributed by atoms with Gasteiger partial charge < -0.3 is 10.2 Å². The highest BCUT2D eigenvalue weighted by atomic mass is 35.5. The second-order valence-corrected chi connectivity index (χ2v) is 11.4. The second-order valence-electron chi connectivity index (χ2n) is 8.56. The number of hydrogen-bond acceptors (Lipinski definition) is 4. The zero-order valence-electron chi connectivity index (χ0n) is 21.4. The standard InChI is InChI=1S/C25H33Cl2FN4O4S/c1-5-7-15-29-25(34)23(6-2)31(16-20-21(26)9-8-10-22(20)27)24(33)17-32(37(35,36)30(3)4)19-13-11-18(28)12-14-19/h8-14,23H,5-7,15-17H2,1-4H3,(H,29,34). The topological polar surface area (TPSA) is 90.0 Å². The van der Waals surface area contributed by atoms with Crippen molar-refractivity contribution in [3.8, 4) is 0 Å². The molecule has 1 N–H and O–H groups in total. The number of carbonyl (C=O) groups excluding carboxylic acids is 2. The van der Waals surface area contributed by atoms with E-state index >= 15 is 0 Å². The number of hydrogen-bond donors (Lipinski definition) is 1. The molecule has 0 spiro atoms. The number of benzene rings is 2. The van der Waals surface area contributed by atoms with Crippen molar-refractivity contribution in [2.45, 2.75) is 45.7 Å². The van der Waals surface area contributed by atoms with E-state index in [1.165, 1.54) is 31.1 Å². The smallest absolute Gasteiger partial charge is 0.304 e. The first-order valence-electron chi connectivity index (χ1n) is 11.9. The van der Waals surface area contributed by atoms with E-state index in [0.29, 0.717) is 22.2 Å². The van der Waals surface area contributed by atoms with Crippen LogP contribution < -0.4 is 9.62 Å². The fraction of sp³-hybridized carbons (Fsp3) is 0.440. The van der Waals surface area contributed by atoms with Crippen LogP contribution in [0.1, 0.15) is 38.7 Å². The van der Waals surface area contributed by atoms with E-state index in [-0.39, 0.29) is 24.6 Å². The Morgan fingerprint density at radius 1 is 1.03 bits per heavy atom. The molecule has 37 heavy (non-hydrogen) atoms. The zero-order chi connectivity index (χ0) is 27.8. The number of nitrogens with one attached hydrogen (secondary N) is 1. The van der Waals surface area contributed by atoms with E-state index in [9.17, 15) is 22.4 Å². The Labute approximate surface area is 228 Å². The molecule has 0 saturated heterocycles. The van der Waals surface area contributed by atoms with Crippen LogP contribution >= 0.6 is 23.2 Å². The van der Waals surface area contributed by atoms with Gasteiger partial charge >= 0.3 is 10.2 Å². The monoisotopic (exact) mass is 574 g/mol. The van der Waals surface area contributed by atoms with Gasteiger partial charge in [0, 0.05) is 42.8 Å². The summed E-state index contributed by atoms with van der Waals surface area (Å²) in [7, 11) is -1.49. The van der Waals surface area contributed by atoms with Crippen LogP contribution in [0, 0.1) is 5.82 Å². The SMILES string of the molecule is CCCCNC(=O)C(CC)N(Cc1c(Cl)cccc1Cl)C(=O)CN(c1ccc(F)cc1)S(=O)(=O)N(C)C. The molecule has 2 aromatic carbocycles. The third-order valence-electron chi connectivity index (χ3n) is 5.74. The maximum absolute atomic E-state index is 13.8. The lowest BCUT2D eigenvalue weighted by atomic mass is 10.1. The molecule has 204 valence electrons. The lowest BCUT2D eigenvalue weighted by Gasteiger charge is -2.34. The van der Waals surface area contributed by atoms with E-state index in [1.54, 1.807) is 25.1 Å². The average molecular weight is 576 g/mol. The van der Waals surface area contributed by atoms with Crippen LogP contribution in [0.25, 0.3) is 0 Å². The van der Waals surface area contributed by atoms with Crippen molar-refractivity contribution < 1.29 is 22.4 Å². The molecule has 0 aromatic heterocycles. The molecule has 1 atom stereocenters. The van der Waals surface area contributed by atoms with Crippen molar-refractivity contribution in [1.29, 1.82) is 0 Å². The van der Waals surface area contributed by atoms with Crippen LogP contribution in [-0.2, 0) is 26.3 Å². The second kappa shape index (κ2) is 13.9. The molecule has 0 aliphatic heterocycles. The summed E-state index contributed by atoms with van der Waals surface area (Å²) in [5.74, 6) is -1.57. The Balaban J connectivity index is 2.52. The molecule has 2 amide bonds. The van der Waals surface area contributed by atoms with Gasteiger partial charge in [0.2, 0.25) is 11.8 Å². The molecular weight excluding hydrogens is 542 g/mol. The van der Waals surface area contributed by atoms with Crippen molar-refractivity contribution in [2.24, 2.45) is 0 Å².